The molecule has 1 atom stereocenters. The van der Waals surface area contributed by atoms with Crippen LogP contribution in [-0.2, 0) is 26.2 Å². The van der Waals surface area contributed by atoms with Gasteiger partial charge in [0.1, 0.15) is 0 Å². The quantitative estimate of drug-likeness (QED) is 0.418. The molecule has 23 heavy (non-hydrogen) atoms. The van der Waals surface area contributed by atoms with Crippen LogP contribution in [0, 0.1) is 0 Å². The summed E-state index contributed by atoms with van der Waals surface area (Å²) in [4.78, 5) is 13.6. The summed E-state index contributed by atoms with van der Waals surface area (Å²) < 4.78 is 0.337. The second-order valence-corrected chi connectivity index (χ2v) is 24.4. The molecule has 0 heterocycles. The Morgan fingerprint density at radius 3 is 1.26 bits per heavy atom. The molecule has 2 radical (unpaired) electrons. The molecule has 0 aliphatic heterocycles. The van der Waals surface area contributed by atoms with Crippen LogP contribution >= 0.6 is 0 Å². The maximum absolute atomic E-state index is 7.17. The van der Waals surface area contributed by atoms with E-state index in [9.17, 15) is 0 Å². The van der Waals surface area contributed by atoms with E-state index in [1.165, 1.54) is 0 Å². The van der Waals surface area contributed by atoms with Crippen LogP contribution < -0.4 is 0 Å². The number of hydrogen-bond acceptors (Lipinski definition) is 0. The Hall–Kier alpha value is 1.59. The first-order valence-electron chi connectivity index (χ1n) is 7.92. The normalized spacial score (nSPS) is 14.5. The van der Waals surface area contributed by atoms with Crippen molar-refractivity contribution in [3.8, 4) is 0 Å². The molecule has 0 fully saturated rings. The van der Waals surface area contributed by atoms with Gasteiger partial charge >= 0.3 is 26.2 Å². The van der Waals surface area contributed by atoms with Gasteiger partial charge in [0, 0.05) is 0 Å². The summed E-state index contributed by atoms with van der Waals surface area (Å²) >= 11 is 0. The predicted octanol–water partition coefficient (Wildman–Crippen LogP) is 5.93. The molecule has 4 nitrogen and oxygen atoms in total. The van der Waals surface area contributed by atoms with Gasteiger partial charge in [-0.05, 0) is 0 Å². The minimum absolute atomic E-state index is 0. The average Bonchev–Trinajstić information content (AvgIpc) is 2.46. The molecule has 0 saturated carbocycles. The summed E-state index contributed by atoms with van der Waals surface area (Å²) in [6.45, 7) is 20.6. The third-order valence-electron chi connectivity index (χ3n) is 6.03. The van der Waals surface area contributed by atoms with Crippen LogP contribution in [0.5, 0.6) is 0 Å². The van der Waals surface area contributed by atoms with E-state index in [2.05, 4.69) is 75.0 Å². The molecule has 0 spiro atoms. The molecule has 0 aliphatic carbocycles. The van der Waals surface area contributed by atoms with E-state index in [0.717, 1.165) is 0 Å². The fourth-order valence-electron chi connectivity index (χ4n) is 1.68. The SMILES string of the molecule is C[N-][Si](C)(C)C(C)(C)[Si](C)(C)[N-]C.C[N-][Si](C)(C)C(C)[Si][NH-].[Zr+4]. The second-order valence-electron chi connectivity index (χ2n) is 7.93. The van der Waals surface area contributed by atoms with Gasteiger partial charge in [-0.2, -0.15) is 21.1 Å². The van der Waals surface area contributed by atoms with Crippen LogP contribution in [0.2, 0.25) is 49.1 Å². The number of nitrogens with one attached hydrogen (secondary N) is 1. The Morgan fingerprint density at radius 1 is 0.826 bits per heavy atom. The van der Waals surface area contributed by atoms with E-state index in [1.54, 1.807) is 0 Å². The van der Waals surface area contributed by atoms with Crippen molar-refractivity contribution in [3.05, 3.63) is 20.3 Å². The zero-order valence-corrected chi connectivity index (χ0v) is 23.9. The maximum Gasteiger partial charge on any atom is 4.00 e. The summed E-state index contributed by atoms with van der Waals surface area (Å²) in [5, 5.41) is 7.70. The van der Waals surface area contributed by atoms with Crippen molar-refractivity contribution in [3.63, 3.8) is 0 Å². The standard InChI is InChI=1S/C9H24N2Si2.C5H14N2Si2.Zr/c1-9(2,12(5,6)10-3)13(7,8)11-4;1-5(8-6)9(3,4)7-2;/h1-8H3;5-6H,1-4H3;/q2*-2;+4. The van der Waals surface area contributed by atoms with Crippen molar-refractivity contribution in [1.82, 2.24) is 0 Å². The van der Waals surface area contributed by atoms with Gasteiger partial charge in [0.2, 0.25) is 0 Å². The fourth-order valence-corrected chi connectivity index (χ4v) is 11.6. The molecular weight excluding hydrogens is 428 g/mol. The predicted molar refractivity (Wildman–Crippen MR) is 114 cm³/mol. The van der Waals surface area contributed by atoms with Crippen LogP contribution in [0.1, 0.15) is 20.8 Å². The fraction of sp³-hybridized carbons (Fsp3) is 1.00. The summed E-state index contributed by atoms with van der Waals surface area (Å²) in [7, 11) is 1.85. The van der Waals surface area contributed by atoms with Crippen molar-refractivity contribution in [2.24, 2.45) is 0 Å². The number of rotatable bonds is 7. The minimum Gasteiger partial charge on any atom is -0.685 e. The molecule has 0 aromatic carbocycles. The Labute approximate surface area is 171 Å². The van der Waals surface area contributed by atoms with Crippen molar-refractivity contribution in [2.75, 3.05) is 21.1 Å². The van der Waals surface area contributed by atoms with Gasteiger partial charge in [-0.3, -0.25) is 0 Å². The van der Waals surface area contributed by atoms with Gasteiger partial charge in [0.15, 0.2) is 0 Å². The Balaban J connectivity index is -0.000000354. The van der Waals surface area contributed by atoms with Gasteiger partial charge < -0.3 is 20.3 Å². The molecule has 0 amide bonds. The van der Waals surface area contributed by atoms with Crippen LogP contribution in [0.3, 0.4) is 0 Å². The van der Waals surface area contributed by atoms with E-state index in [0.29, 0.717) is 19.5 Å². The van der Waals surface area contributed by atoms with E-state index in [4.69, 9.17) is 5.40 Å². The van der Waals surface area contributed by atoms with Crippen LogP contribution in [0.15, 0.2) is 0 Å². The zero-order chi connectivity index (χ0) is 18.4. The molecule has 0 aliphatic rings. The zero-order valence-electron chi connectivity index (χ0n) is 17.4. The molecule has 134 valence electrons. The van der Waals surface area contributed by atoms with Gasteiger partial charge in [-0.25, -0.2) is 0 Å². The van der Waals surface area contributed by atoms with Gasteiger partial charge in [-0.1, -0.05) is 94.6 Å². The summed E-state index contributed by atoms with van der Waals surface area (Å²) in [5.41, 5.74) is 0. The topological polar surface area (TPSA) is 66.1 Å². The van der Waals surface area contributed by atoms with Crippen molar-refractivity contribution in [2.45, 2.75) is 69.9 Å². The monoisotopic (exact) mass is 464 g/mol. The number of nitrogens with zero attached hydrogens (tertiary/aromatic N) is 3. The summed E-state index contributed by atoms with van der Waals surface area (Å²) in [6, 6.07) is 0. The molecule has 0 bridgehead atoms. The third-order valence-corrected chi connectivity index (χ3v) is 24.3. The Kier molecular flexibility index (Phi) is 14.5. The molecule has 9 heteroatoms. The van der Waals surface area contributed by atoms with Gasteiger partial charge in [0.05, 0.1) is 0 Å². The minimum atomic E-state index is -1.47. The molecule has 0 rings (SSSR count). The van der Waals surface area contributed by atoms with Crippen LogP contribution in [-0.4, -0.2) is 55.5 Å². The largest absolute Gasteiger partial charge is 4.00 e. The van der Waals surface area contributed by atoms with E-state index < -0.39 is 24.7 Å². The van der Waals surface area contributed by atoms with Crippen molar-refractivity contribution < 1.29 is 26.2 Å². The van der Waals surface area contributed by atoms with E-state index in [-0.39, 0.29) is 26.2 Å². The van der Waals surface area contributed by atoms with E-state index in [1.807, 2.05) is 21.1 Å². The Bertz CT molecular complexity index is 308. The first-order chi connectivity index (χ1) is 9.66. The van der Waals surface area contributed by atoms with Crippen LogP contribution in [0.25, 0.3) is 20.3 Å². The first-order valence-corrected chi connectivity index (χ1v) is 17.9. The molecule has 0 saturated heterocycles. The third kappa shape index (κ3) is 8.21. The second kappa shape index (κ2) is 11.3. The van der Waals surface area contributed by atoms with Crippen molar-refractivity contribution >= 4 is 34.4 Å². The molecule has 1 unspecified atom stereocenters. The Morgan fingerprint density at radius 2 is 1.13 bits per heavy atom. The van der Waals surface area contributed by atoms with Crippen molar-refractivity contribution in [1.29, 1.82) is 0 Å². The molecule has 1 N–H and O–H groups in total. The van der Waals surface area contributed by atoms with Crippen LogP contribution in [0.4, 0.5) is 0 Å². The molecular formula is C14H38N4Si4Zr. The van der Waals surface area contributed by atoms with E-state index >= 15 is 0 Å². The maximum atomic E-state index is 7.17. The molecule has 0 aromatic heterocycles. The average molecular weight is 466 g/mol. The molecule has 0 aromatic rings. The summed E-state index contributed by atoms with van der Waals surface area (Å²) in [6.07, 6.45) is 0. The first kappa shape index (κ1) is 29.4. The van der Waals surface area contributed by atoms with Gasteiger partial charge in [-0.15, -0.1) is 9.68 Å². The van der Waals surface area contributed by atoms with Gasteiger partial charge in [0.25, 0.3) is 0 Å². The summed E-state index contributed by atoms with van der Waals surface area (Å²) in [5.74, 6) is 0. The smallest absolute Gasteiger partial charge is 0.685 e. The number of hydrogen-bond donors (Lipinski definition) is 0.